The van der Waals surface area contributed by atoms with Crippen molar-refractivity contribution >= 4 is 17.8 Å². The second kappa shape index (κ2) is 9.29. The number of esters is 1. The molecular weight excluding hydrogens is 256 g/mol. The van der Waals surface area contributed by atoms with Crippen LogP contribution in [0.25, 0.3) is 0 Å². The van der Waals surface area contributed by atoms with Gasteiger partial charge in [-0.05, 0) is 6.92 Å². The molecular formula is C11H20N2O6. The number of carboxylic acid groups (broad SMARTS) is 1. The van der Waals surface area contributed by atoms with Gasteiger partial charge in [0.1, 0.15) is 6.54 Å². The largest absolute Gasteiger partial charge is 0.481 e. The summed E-state index contributed by atoms with van der Waals surface area (Å²) < 4.78 is 9.55. The Morgan fingerprint density at radius 2 is 2.00 bits per heavy atom. The highest BCUT2D eigenvalue weighted by Crippen LogP contribution is 1.99. The van der Waals surface area contributed by atoms with Crippen molar-refractivity contribution in [2.75, 3.05) is 33.4 Å². The maximum atomic E-state index is 11.9. The lowest BCUT2D eigenvalue weighted by molar-refractivity contribution is -0.150. The molecule has 0 aliphatic carbocycles. The highest BCUT2D eigenvalue weighted by atomic mass is 16.5. The molecule has 1 atom stereocenters. The number of ether oxygens (including phenoxy) is 2. The molecule has 0 saturated carbocycles. The van der Waals surface area contributed by atoms with Gasteiger partial charge in [0.25, 0.3) is 0 Å². The maximum absolute atomic E-state index is 11.9. The van der Waals surface area contributed by atoms with Gasteiger partial charge < -0.3 is 25.2 Å². The molecule has 8 heteroatoms. The van der Waals surface area contributed by atoms with E-state index in [9.17, 15) is 14.4 Å². The van der Waals surface area contributed by atoms with Crippen LogP contribution in [0.4, 0.5) is 0 Å². The van der Waals surface area contributed by atoms with Crippen LogP contribution in [-0.4, -0.2) is 67.3 Å². The summed E-state index contributed by atoms with van der Waals surface area (Å²) in [4.78, 5) is 34.9. The predicted octanol–water partition coefficient (Wildman–Crippen LogP) is -1.17. The van der Waals surface area contributed by atoms with E-state index in [4.69, 9.17) is 20.3 Å². The molecule has 1 amide bonds. The van der Waals surface area contributed by atoms with E-state index in [1.807, 2.05) is 0 Å². The zero-order valence-electron chi connectivity index (χ0n) is 11.1. The maximum Gasteiger partial charge on any atom is 0.325 e. The van der Waals surface area contributed by atoms with E-state index < -0.39 is 30.3 Å². The van der Waals surface area contributed by atoms with Gasteiger partial charge in [0.05, 0.1) is 25.7 Å². The Balaban J connectivity index is 4.58. The Morgan fingerprint density at radius 3 is 2.47 bits per heavy atom. The second-order valence-corrected chi connectivity index (χ2v) is 3.76. The van der Waals surface area contributed by atoms with E-state index in [0.29, 0.717) is 0 Å². The predicted molar refractivity (Wildman–Crippen MR) is 65.3 cm³/mol. The van der Waals surface area contributed by atoms with E-state index in [-0.39, 0.29) is 26.3 Å². The van der Waals surface area contributed by atoms with Crippen LogP contribution in [0.15, 0.2) is 0 Å². The summed E-state index contributed by atoms with van der Waals surface area (Å²) >= 11 is 0. The highest BCUT2D eigenvalue weighted by Gasteiger charge is 2.25. The topological polar surface area (TPSA) is 119 Å². The summed E-state index contributed by atoms with van der Waals surface area (Å²) in [5.41, 5.74) is 5.48. The molecule has 0 heterocycles. The van der Waals surface area contributed by atoms with Gasteiger partial charge >= 0.3 is 11.9 Å². The molecule has 0 saturated heterocycles. The number of nitrogens with zero attached hydrogens (tertiary/aromatic N) is 1. The molecule has 0 rings (SSSR count). The summed E-state index contributed by atoms with van der Waals surface area (Å²) in [5, 5.41) is 8.59. The van der Waals surface area contributed by atoms with Crippen LogP contribution in [0.1, 0.15) is 13.3 Å². The molecule has 0 fully saturated rings. The summed E-state index contributed by atoms with van der Waals surface area (Å²) in [6.45, 7) is 1.93. The monoisotopic (exact) mass is 276 g/mol. The molecule has 0 bridgehead atoms. The third-order valence-corrected chi connectivity index (χ3v) is 2.21. The molecule has 0 aliphatic rings. The molecule has 0 aliphatic heterocycles. The molecule has 110 valence electrons. The van der Waals surface area contributed by atoms with Crippen LogP contribution in [0.2, 0.25) is 0 Å². The van der Waals surface area contributed by atoms with Gasteiger partial charge in [0.2, 0.25) is 5.91 Å². The van der Waals surface area contributed by atoms with Gasteiger partial charge in [-0.15, -0.1) is 0 Å². The van der Waals surface area contributed by atoms with E-state index in [2.05, 4.69) is 0 Å². The Morgan fingerprint density at radius 1 is 1.37 bits per heavy atom. The first kappa shape index (κ1) is 17.3. The molecule has 0 aromatic rings. The van der Waals surface area contributed by atoms with E-state index in [0.717, 1.165) is 4.90 Å². The van der Waals surface area contributed by atoms with Crippen molar-refractivity contribution in [2.24, 2.45) is 5.73 Å². The van der Waals surface area contributed by atoms with Gasteiger partial charge in [0, 0.05) is 13.7 Å². The van der Waals surface area contributed by atoms with Crippen LogP contribution >= 0.6 is 0 Å². The van der Waals surface area contributed by atoms with Gasteiger partial charge in [-0.1, -0.05) is 0 Å². The van der Waals surface area contributed by atoms with Crippen molar-refractivity contribution in [1.82, 2.24) is 4.90 Å². The van der Waals surface area contributed by atoms with Gasteiger partial charge in [-0.3, -0.25) is 14.4 Å². The molecule has 0 aromatic heterocycles. The normalized spacial score (nSPS) is 11.7. The minimum atomic E-state index is -1.19. The molecule has 8 nitrogen and oxygen atoms in total. The van der Waals surface area contributed by atoms with Gasteiger partial charge in [-0.2, -0.15) is 0 Å². The Hall–Kier alpha value is -1.67. The number of nitrogens with two attached hydrogens (primary N) is 1. The minimum absolute atomic E-state index is 0.140. The van der Waals surface area contributed by atoms with Crippen molar-refractivity contribution in [3.8, 4) is 0 Å². The fourth-order valence-corrected chi connectivity index (χ4v) is 1.34. The molecule has 19 heavy (non-hydrogen) atoms. The van der Waals surface area contributed by atoms with Crippen LogP contribution in [0.5, 0.6) is 0 Å². The number of carbonyl (C=O) groups is 3. The van der Waals surface area contributed by atoms with Crippen molar-refractivity contribution < 1.29 is 29.0 Å². The summed E-state index contributed by atoms with van der Waals surface area (Å²) in [5.74, 6) is -2.37. The lowest BCUT2D eigenvalue weighted by Crippen LogP contribution is -2.48. The number of aliphatic carboxylic acids is 1. The van der Waals surface area contributed by atoms with E-state index in [1.165, 1.54) is 7.11 Å². The number of methoxy groups -OCH3 is 1. The first-order valence-electron chi connectivity index (χ1n) is 5.83. The number of rotatable bonds is 9. The van der Waals surface area contributed by atoms with Crippen LogP contribution in [0.3, 0.4) is 0 Å². The van der Waals surface area contributed by atoms with E-state index >= 15 is 0 Å². The number of carbonyl (C=O) groups excluding carboxylic acids is 2. The lowest BCUT2D eigenvalue weighted by Gasteiger charge is -2.23. The van der Waals surface area contributed by atoms with Crippen LogP contribution in [-0.2, 0) is 23.9 Å². The van der Waals surface area contributed by atoms with Crippen LogP contribution in [0, 0.1) is 0 Å². The third-order valence-electron chi connectivity index (χ3n) is 2.21. The van der Waals surface area contributed by atoms with Gasteiger partial charge in [0.15, 0.2) is 0 Å². The number of hydrogen-bond acceptors (Lipinski definition) is 6. The van der Waals surface area contributed by atoms with Crippen molar-refractivity contribution in [3.63, 3.8) is 0 Å². The molecule has 0 aromatic carbocycles. The fourth-order valence-electron chi connectivity index (χ4n) is 1.34. The van der Waals surface area contributed by atoms with Crippen molar-refractivity contribution in [3.05, 3.63) is 0 Å². The number of carboxylic acids is 1. The molecule has 1 unspecified atom stereocenters. The average molecular weight is 276 g/mol. The van der Waals surface area contributed by atoms with E-state index in [1.54, 1.807) is 6.92 Å². The Kier molecular flexibility index (Phi) is 8.47. The molecule has 0 radical (unpaired) electrons. The van der Waals surface area contributed by atoms with Crippen molar-refractivity contribution in [2.45, 2.75) is 19.4 Å². The van der Waals surface area contributed by atoms with Crippen LogP contribution < -0.4 is 5.73 Å². The lowest BCUT2D eigenvalue weighted by atomic mass is 10.2. The zero-order valence-corrected chi connectivity index (χ0v) is 11.1. The first-order valence-corrected chi connectivity index (χ1v) is 5.83. The smallest absolute Gasteiger partial charge is 0.325 e. The molecule has 3 N–H and O–H groups in total. The number of hydrogen-bond donors (Lipinski definition) is 2. The summed E-state index contributed by atoms with van der Waals surface area (Å²) in [6, 6.07) is -1.19. The SMILES string of the molecule is CCOC(=O)CN(CCOC)C(=O)C(N)CC(=O)O. The zero-order chi connectivity index (χ0) is 14.8. The highest BCUT2D eigenvalue weighted by molar-refractivity contribution is 5.88. The fraction of sp³-hybridized carbons (Fsp3) is 0.727. The summed E-state index contributed by atoms with van der Waals surface area (Å²) in [6.07, 6.45) is -0.495. The second-order valence-electron chi connectivity index (χ2n) is 3.76. The number of amides is 1. The average Bonchev–Trinajstić information content (AvgIpc) is 2.33. The molecule has 0 spiro atoms. The standard InChI is InChI=1S/C11H20N2O6/c1-3-19-10(16)7-13(4-5-18-2)11(17)8(12)6-9(14)15/h8H,3-7,12H2,1-2H3,(H,14,15). The quantitative estimate of drug-likeness (QED) is 0.509. The summed E-state index contributed by atoms with van der Waals surface area (Å²) in [7, 11) is 1.45. The Bertz CT molecular complexity index is 320. The minimum Gasteiger partial charge on any atom is -0.481 e. The third kappa shape index (κ3) is 7.37. The van der Waals surface area contributed by atoms with Gasteiger partial charge in [-0.25, -0.2) is 0 Å². The first-order chi connectivity index (χ1) is 8.92. The van der Waals surface area contributed by atoms with Crippen molar-refractivity contribution in [1.29, 1.82) is 0 Å². The Labute approximate surface area is 111 Å².